The predicted octanol–water partition coefficient (Wildman–Crippen LogP) is 4.92. The van der Waals surface area contributed by atoms with Crippen molar-refractivity contribution in [2.24, 2.45) is 0 Å². The van der Waals surface area contributed by atoms with Gasteiger partial charge in [-0.3, -0.25) is 4.79 Å². The zero-order chi connectivity index (χ0) is 27.9. The van der Waals surface area contributed by atoms with Crippen LogP contribution in [0.3, 0.4) is 0 Å². The molecule has 2 heterocycles. The van der Waals surface area contributed by atoms with Crippen molar-refractivity contribution in [1.29, 1.82) is 0 Å². The molecule has 0 unspecified atom stereocenters. The largest absolute Gasteiger partial charge is 0.497 e. The molecule has 2 aromatic heterocycles. The number of carbonyl (C=O) groups excluding carboxylic acids is 1. The van der Waals surface area contributed by atoms with Crippen LogP contribution in [0.2, 0.25) is 0 Å². The maximum Gasteiger partial charge on any atom is 0.242 e. The van der Waals surface area contributed by atoms with Crippen molar-refractivity contribution in [2.45, 2.75) is 26.5 Å². The summed E-state index contributed by atoms with van der Waals surface area (Å²) in [7, 11) is 3.49. The molecule has 0 aliphatic carbocycles. The fraction of sp³-hybridized carbons (Fsp3) is 0.226. The van der Waals surface area contributed by atoms with Crippen molar-refractivity contribution >= 4 is 29.0 Å². The van der Waals surface area contributed by atoms with Gasteiger partial charge in [0.2, 0.25) is 5.91 Å². The highest BCUT2D eigenvalue weighted by atomic mass is 16.5. The molecule has 1 amide bonds. The van der Waals surface area contributed by atoms with Crippen molar-refractivity contribution in [1.82, 2.24) is 30.1 Å². The number of amides is 1. The lowest BCUT2D eigenvalue weighted by Gasteiger charge is -2.18. The summed E-state index contributed by atoms with van der Waals surface area (Å²) in [6, 6.07) is 22.2. The molecule has 0 spiro atoms. The molecule has 0 fully saturated rings. The Morgan fingerprint density at radius 1 is 1.00 bits per heavy atom. The number of likely N-dealkylation sites (N-methyl/N-ethyl adjacent to an activating group) is 1. The van der Waals surface area contributed by atoms with Crippen LogP contribution >= 0.6 is 0 Å². The minimum Gasteiger partial charge on any atom is -0.497 e. The van der Waals surface area contributed by atoms with Crippen molar-refractivity contribution in [2.75, 3.05) is 20.7 Å². The standard InChI is InChI=1S/C31H32N6O3/c1-22-4-6-24(7-5-22)21-40-27-13-14-29-28(18-27)25(10-15-30-32-34-35-33-30)19-37(29)20-31(38)36(2)17-16-23-8-11-26(39-3)12-9-23/h4-15,18-19H,16-17,20-21H2,1-3H3,(H,32,33,34,35)/b15-10+. The number of hydrogen-bond donors (Lipinski definition) is 1. The quantitative estimate of drug-likeness (QED) is 0.257. The van der Waals surface area contributed by atoms with Gasteiger partial charge in [-0.15, -0.1) is 10.2 Å². The van der Waals surface area contributed by atoms with E-state index in [1.807, 2.05) is 66.4 Å². The molecular weight excluding hydrogens is 504 g/mol. The van der Waals surface area contributed by atoms with E-state index in [9.17, 15) is 4.79 Å². The second-order valence-electron chi connectivity index (χ2n) is 9.68. The van der Waals surface area contributed by atoms with E-state index in [-0.39, 0.29) is 12.5 Å². The van der Waals surface area contributed by atoms with Gasteiger partial charge in [-0.25, -0.2) is 0 Å². The number of aromatic amines is 1. The molecule has 0 aliphatic rings. The summed E-state index contributed by atoms with van der Waals surface area (Å²) in [5, 5.41) is 15.0. The first-order chi connectivity index (χ1) is 19.5. The Morgan fingerprint density at radius 2 is 1.75 bits per heavy atom. The van der Waals surface area contributed by atoms with Gasteiger partial charge in [0.15, 0.2) is 5.82 Å². The van der Waals surface area contributed by atoms with Gasteiger partial charge < -0.3 is 18.9 Å². The van der Waals surface area contributed by atoms with Crippen LogP contribution in [0.5, 0.6) is 11.5 Å². The summed E-state index contributed by atoms with van der Waals surface area (Å²) < 4.78 is 13.3. The molecule has 3 aromatic carbocycles. The average Bonchev–Trinajstić information content (AvgIpc) is 3.62. The number of ether oxygens (including phenoxy) is 2. The van der Waals surface area contributed by atoms with Crippen molar-refractivity contribution in [3.05, 3.63) is 101 Å². The van der Waals surface area contributed by atoms with Gasteiger partial charge in [0.1, 0.15) is 24.7 Å². The predicted molar refractivity (Wildman–Crippen MR) is 155 cm³/mol. The molecule has 9 heteroatoms. The van der Waals surface area contributed by atoms with Crippen LogP contribution in [0.25, 0.3) is 23.1 Å². The third-order valence-corrected chi connectivity index (χ3v) is 6.81. The van der Waals surface area contributed by atoms with Crippen LogP contribution in [0.1, 0.15) is 28.1 Å². The van der Waals surface area contributed by atoms with Crippen molar-refractivity contribution < 1.29 is 14.3 Å². The molecular formula is C31H32N6O3. The lowest BCUT2D eigenvalue weighted by molar-refractivity contribution is -0.130. The number of aryl methyl sites for hydroxylation is 1. The Labute approximate surface area is 233 Å². The van der Waals surface area contributed by atoms with E-state index in [0.717, 1.165) is 45.5 Å². The monoisotopic (exact) mass is 536 g/mol. The number of nitrogens with zero attached hydrogens (tertiary/aromatic N) is 5. The minimum atomic E-state index is 0.0267. The zero-order valence-corrected chi connectivity index (χ0v) is 22.9. The third-order valence-electron chi connectivity index (χ3n) is 6.81. The van der Waals surface area contributed by atoms with Crippen LogP contribution in [0.15, 0.2) is 72.9 Å². The number of carbonyl (C=O) groups is 1. The molecule has 204 valence electrons. The highest BCUT2D eigenvalue weighted by Gasteiger charge is 2.15. The van der Waals surface area contributed by atoms with E-state index < -0.39 is 0 Å². The molecule has 1 N–H and O–H groups in total. The van der Waals surface area contributed by atoms with Crippen LogP contribution in [0.4, 0.5) is 0 Å². The molecule has 0 atom stereocenters. The van der Waals surface area contributed by atoms with Gasteiger partial charge in [0, 0.05) is 36.3 Å². The summed E-state index contributed by atoms with van der Waals surface area (Å²) in [6.07, 6.45) is 6.44. The Bertz CT molecular complexity index is 1590. The molecule has 0 aliphatic heterocycles. The van der Waals surface area contributed by atoms with Crippen LogP contribution < -0.4 is 9.47 Å². The Hall–Kier alpha value is -4.92. The molecule has 0 bridgehead atoms. The van der Waals surface area contributed by atoms with Crippen molar-refractivity contribution in [3.63, 3.8) is 0 Å². The number of hydrogen-bond acceptors (Lipinski definition) is 6. The number of H-pyrrole nitrogens is 1. The van der Waals surface area contributed by atoms with Crippen LogP contribution in [-0.4, -0.2) is 56.7 Å². The zero-order valence-electron chi connectivity index (χ0n) is 22.9. The van der Waals surface area contributed by atoms with Crippen LogP contribution in [0, 0.1) is 6.92 Å². The van der Waals surface area contributed by atoms with E-state index in [1.165, 1.54) is 5.56 Å². The van der Waals surface area contributed by atoms with Gasteiger partial charge in [0.05, 0.1) is 7.11 Å². The van der Waals surface area contributed by atoms with Gasteiger partial charge in [-0.2, -0.15) is 5.21 Å². The first kappa shape index (κ1) is 26.7. The van der Waals surface area contributed by atoms with E-state index in [2.05, 4.69) is 51.8 Å². The highest BCUT2D eigenvalue weighted by Crippen LogP contribution is 2.28. The summed E-state index contributed by atoms with van der Waals surface area (Å²) in [5.74, 6) is 2.07. The van der Waals surface area contributed by atoms with Gasteiger partial charge in [-0.05, 0) is 72.2 Å². The molecule has 0 radical (unpaired) electrons. The summed E-state index contributed by atoms with van der Waals surface area (Å²) in [6.45, 7) is 3.37. The first-order valence-corrected chi connectivity index (χ1v) is 13.1. The Kier molecular flexibility index (Phi) is 8.20. The maximum atomic E-state index is 13.2. The number of fused-ring (bicyclic) bond motifs is 1. The smallest absolute Gasteiger partial charge is 0.242 e. The second kappa shape index (κ2) is 12.3. The molecule has 0 saturated carbocycles. The normalized spacial score (nSPS) is 11.3. The number of methoxy groups -OCH3 is 1. The summed E-state index contributed by atoms with van der Waals surface area (Å²) >= 11 is 0. The van der Waals surface area contributed by atoms with Gasteiger partial charge >= 0.3 is 0 Å². The second-order valence-corrected chi connectivity index (χ2v) is 9.68. The topological polar surface area (TPSA) is 98.2 Å². The maximum absolute atomic E-state index is 13.2. The number of nitrogens with one attached hydrogen (secondary N) is 1. The number of benzene rings is 3. The Morgan fingerprint density at radius 3 is 2.48 bits per heavy atom. The molecule has 0 saturated heterocycles. The van der Waals surface area contributed by atoms with E-state index in [4.69, 9.17) is 9.47 Å². The summed E-state index contributed by atoms with van der Waals surface area (Å²) in [4.78, 5) is 15.0. The molecule has 5 rings (SSSR count). The fourth-order valence-electron chi connectivity index (χ4n) is 4.39. The van der Waals surface area contributed by atoms with E-state index in [1.54, 1.807) is 18.1 Å². The van der Waals surface area contributed by atoms with Gasteiger partial charge in [-0.1, -0.05) is 42.0 Å². The fourth-order valence-corrected chi connectivity index (χ4v) is 4.39. The van der Waals surface area contributed by atoms with Gasteiger partial charge in [0.25, 0.3) is 0 Å². The average molecular weight is 537 g/mol. The van der Waals surface area contributed by atoms with E-state index in [0.29, 0.717) is 19.0 Å². The SMILES string of the molecule is COc1ccc(CCN(C)C(=O)Cn2cc(/C=C/c3nn[nH]n3)c3cc(OCc4ccc(C)cc4)ccc32)cc1. The molecule has 9 nitrogen and oxygen atoms in total. The minimum absolute atomic E-state index is 0.0267. The number of tetrazole rings is 1. The lowest BCUT2D eigenvalue weighted by Crippen LogP contribution is -2.31. The number of aromatic nitrogens is 5. The summed E-state index contributed by atoms with van der Waals surface area (Å²) in [5.41, 5.74) is 5.33. The van der Waals surface area contributed by atoms with Crippen molar-refractivity contribution in [3.8, 4) is 11.5 Å². The van der Waals surface area contributed by atoms with Crippen LogP contribution in [-0.2, 0) is 24.4 Å². The van der Waals surface area contributed by atoms with E-state index >= 15 is 0 Å². The first-order valence-electron chi connectivity index (χ1n) is 13.1. The molecule has 5 aromatic rings. The highest BCUT2D eigenvalue weighted by molar-refractivity contribution is 5.93. The Balaban J connectivity index is 1.33. The third kappa shape index (κ3) is 6.55. The molecule has 40 heavy (non-hydrogen) atoms. The lowest BCUT2D eigenvalue weighted by atomic mass is 10.1. The number of rotatable bonds is 11.